The normalized spacial score (nSPS) is 43.5. The minimum atomic E-state index is 0.106. The lowest BCUT2D eigenvalue weighted by molar-refractivity contribution is -0.103. The minimum absolute atomic E-state index is 0.106. The van der Waals surface area contributed by atoms with Crippen LogP contribution in [0.2, 0.25) is 0 Å². The largest absolute Gasteiger partial charge is 0.373 e. The van der Waals surface area contributed by atoms with Crippen LogP contribution in [0.5, 0.6) is 0 Å². The molecule has 5 heteroatoms. The predicted molar refractivity (Wildman–Crippen MR) is 130 cm³/mol. The molecule has 0 heterocycles. The van der Waals surface area contributed by atoms with E-state index < -0.39 is 0 Å². The molecule has 172 valence electrons. The molecule has 4 aliphatic rings. The first-order valence-electron chi connectivity index (χ1n) is 12.2. The van der Waals surface area contributed by atoms with Crippen LogP contribution in [-0.2, 0) is 4.74 Å². The molecule has 3 nitrogen and oxygen atoms in total. The summed E-state index contributed by atoms with van der Waals surface area (Å²) in [7, 11) is 0. The molecule has 4 saturated carbocycles. The second kappa shape index (κ2) is 8.14. The first-order chi connectivity index (χ1) is 14.5. The highest BCUT2D eigenvalue weighted by Gasteiger charge is 2.65. The molecule has 4 aliphatic carbocycles. The van der Waals surface area contributed by atoms with Gasteiger partial charge < -0.3 is 4.74 Å². The lowest BCUT2D eigenvalue weighted by Gasteiger charge is -2.46. The third kappa shape index (κ3) is 3.40. The summed E-state index contributed by atoms with van der Waals surface area (Å²) in [6.45, 7) is 14.8. The van der Waals surface area contributed by atoms with Gasteiger partial charge in [0.2, 0.25) is 0 Å². The van der Waals surface area contributed by atoms with Crippen molar-refractivity contribution in [3.63, 3.8) is 0 Å². The fourth-order valence-corrected chi connectivity index (χ4v) is 9.72. The van der Waals surface area contributed by atoms with Gasteiger partial charge in [0.05, 0.1) is 12.2 Å². The van der Waals surface area contributed by atoms with Gasteiger partial charge in [0.25, 0.3) is 0 Å². The van der Waals surface area contributed by atoms with Gasteiger partial charge in [0.1, 0.15) is 10.8 Å². The lowest BCUT2D eigenvalue weighted by Crippen LogP contribution is -2.46. The third-order valence-electron chi connectivity index (χ3n) is 11.6. The molecule has 4 rings (SSSR count). The Bertz CT molecular complexity index is 719. The quantitative estimate of drug-likeness (QED) is 0.362. The number of thiocyanates is 2. The summed E-state index contributed by atoms with van der Waals surface area (Å²) in [6.07, 6.45) is 7.90. The van der Waals surface area contributed by atoms with Gasteiger partial charge in [-0.2, -0.15) is 10.5 Å². The fourth-order valence-electron chi connectivity index (χ4n) is 8.62. The Kier molecular flexibility index (Phi) is 6.25. The van der Waals surface area contributed by atoms with Crippen molar-refractivity contribution >= 4 is 23.5 Å². The van der Waals surface area contributed by atoms with Gasteiger partial charge in [0.15, 0.2) is 0 Å². The molecule has 31 heavy (non-hydrogen) atoms. The van der Waals surface area contributed by atoms with Crippen molar-refractivity contribution in [3.05, 3.63) is 0 Å². The monoisotopic (exact) mass is 460 g/mol. The van der Waals surface area contributed by atoms with Crippen LogP contribution in [0.4, 0.5) is 0 Å². The predicted octanol–water partition coefficient (Wildman–Crippen LogP) is 7.09. The first kappa shape index (κ1) is 23.8. The van der Waals surface area contributed by atoms with E-state index in [2.05, 4.69) is 52.3 Å². The molecule has 0 amide bonds. The molecule has 0 aromatic heterocycles. The smallest absolute Gasteiger partial charge is 0.133 e. The molecular weight excluding hydrogens is 420 g/mol. The van der Waals surface area contributed by atoms with E-state index in [0.29, 0.717) is 22.7 Å². The summed E-state index contributed by atoms with van der Waals surface area (Å²) in [5.74, 6) is 4.07. The average Bonchev–Trinajstić information content (AvgIpc) is 3.25. The Balaban J connectivity index is 1.60. The van der Waals surface area contributed by atoms with Crippen molar-refractivity contribution in [2.24, 2.45) is 45.3 Å². The van der Waals surface area contributed by atoms with E-state index in [1.165, 1.54) is 62.0 Å². The number of hydrogen-bond donors (Lipinski definition) is 0. The van der Waals surface area contributed by atoms with Crippen molar-refractivity contribution in [2.75, 3.05) is 11.5 Å². The number of nitriles is 2. The van der Waals surface area contributed by atoms with E-state index in [-0.39, 0.29) is 23.0 Å². The number of nitrogens with zero attached hydrogens (tertiary/aromatic N) is 2. The number of thioether (sulfide) groups is 2. The zero-order valence-electron chi connectivity index (χ0n) is 20.2. The van der Waals surface area contributed by atoms with Crippen molar-refractivity contribution < 1.29 is 4.74 Å². The van der Waals surface area contributed by atoms with E-state index >= 15 is 0 Å². The summed E-state index contributed by atoms with van der Waals surface area (Å²) in [5, 5.41) is 23.3. The molecule has 0 saturated heterocycles. The highest BCUT2D eigenvalue weighted by molar-refractivity contribution is 8.03. The van der Waals surface area contributed by atoms with Crippen LogP contribution >= 0.6 is 23.5 Å². The van der Waals surface area contributed by atoms with Gasteiger partial charge in [-0.3, -0.25) is 0 Å². The fraction of sp³-hybridized carbons (Fsp3) is 0.923. The van der Waals surface area contributed by atoms with Crippen LogP contribution in [0.3, 0.4) is 0 Å². The van der Waals surface area contributed by atoms with Crippen LogP contribution in [0.15, 0.2) is 0 Å². The molecule has 8 unspecified atom stereocenters. The van der Waals surface area contributed by atoms with Crippen molar-refractivity contribution in [2.45, 2.75) is 92.3 Å². The maximum atomic E-state index is 9.35. The number of rotatable bonds is 8. The average molecular weight is 461 g/mol. The van der Waals surface area contributed by atoms with Crippen molar-refractivity contribution in [3.8, 4) is 10.8 Å². The van der Waals surface area contributed by atoms with Crippen LogP contribution < -0.4 is 0 Å². The Hall–Kier alpha value is -0.360. The molecule has 0 aromatic carbocycles. The third-order valence-corrected chi connectivity index (χ3v) is 12.8. The second-order valence-electron chi connectivity index (χ2n) is 12.5. The van der Waals surface area contributed by atoms with Gasteiger partial charge in [-0.15, -0.1) is 0 Å². The van der Waals surface area contributed by atoms with Gasteiger partial charge in [0, 0.05) is 11.5 Å². The number of ether oxygens (including phenoxy) is 1. The summed E-state index contributed by atoms with van der Waals surface area (Å²) >= 11 is 2.72. The van der Waals surface area contributed by atoms with Gasteiger partial charge in [-0.25, -0.2) is 0 Å². The summed E-state index contributed by atoms with van der Waals surface area (Å²) in [6, 6.07) is 0. The molecular formula is C26H40N2OS2. The zero-order valence-corrected chi connectivity index (χ0v) is 21.9. The highest BCUT2D eigenvalue weighted by Crippen LogP contribution is 2.71. The van der Waals surface area contributed by atoms with Gasteiger partial charge in [-0.1, -0.05) is 41.5 Å². The summed E-state index contributed by atoms with van der Waals surface area (Å²) < 4.78 is 7.10. The molecule has 0 aliphatic heterocycles. The number of hydrogen-bond acceptors (Lipinski definition) is 5. The summed E-state index contributed by atoms with van der Waals surface area (Å²) in [5.41, 5.74) is 1.24. The Morgan fingerprint density at radius 1 is 0.774 bits per heavy atom. The van der Waals surface area contributed by atoms with Crippen LogP contribution in [0.1, 0.15) is 80.1 Å². The molecule has 0 N–H and O–H groups in total. The van der Waals surface area contributed by atoms with Gasteiger partial charge in [-0.05, 0) is 107 Å². The van der Waals surface area contributed by atoms with E-state index in [1.807, 2.05) is 0 Å². The maximum Gasteiger partial charge on any atom is 0.133 e. The van der Waals surface area contributed by atoms with Crippen molar-refractivity contribution in [1.82, 2.24) is 0 Å². The van der Waals surface area contributed by atoms with Crippen LogP contribution in [0, 0.1) is 66.7 Å². The highest BCUT2D eigenvalue weighted by atomic mass is 32.2. The van der Waals surface area contributed by atoms with Crippen LogP contribution in [0.25, 0.3) is 0 Å². The Labute approximate surface area is 198 Å². The summed E-state index contributed by atoms with van der Waals surface area (Å²) in [4.78, 5) is 0. The van der Waals surface area contributed by atoms with E-state index in [0.717, 1.165) is 23.3 Å². The topological polar surface area (TPSA) is 56.8 Å². The standard InChI is InChI=1S/C26H40N2OS2/c1-23(2)17-7-9-25(23,5)19(11-17)21(13-30-15-27)29-22(14-31-16-28)20-12-18-8-10-26(20,6)24(18,3)4/h17-22H,7-14H2,1-6H3. The Morgan fingerprint density at radius 2 is 1.16 bits per heavy atom. The molecule has 4 bridgehead atoms. The molecule has 4 fully saturated rings. The second-order valence-corrected chi connectivity index (χ2v) is 14.1. The maximum absolute atomic E-state index is 9.35. The molecule has 0 radical (unpaired) electrons. The number of fused-ring (bicyclic) bond motifs is 4. The SMILES string of the molecule is CC1(C)C2CCC1(C)C(C(CSC#N)OC(CSC#N)C1CC3CCC1(C)C3(C)C)C2. The van der Waals surface area contributed by atoms with Crippen molar-refractivity contribution in [1.29, 1.82) is 10.5 Å². The van der Waals surface area contributed by atoms with E-state index in [4.69, 9.17) is 4.74 Å². The first-order valence-corrected chi connectivity index (χ1v) is 14.2. The Morgan fingerprint density at radius 3 is 1.42 bits per heavy atom. The van der Waals surface area contributed by atoms with Crippen LogP contribution in [-0.4, -0.2) is 23.7 Å². The van der Waals surface area contributed by atoms with E-state index in [9.17, 15) is 10.5 Å². The van der Waals surface area contributed by atoms with Gasteiger partial charge >= 0.3 is 0 Å². The molecule has 8 atom stereocenters. The lowest BCUT2D eigenvalue weighted by atomic mass is 9.64. The zero-order chi connectivity index (χ0) is 22.7. The molecule has 0 aromatic rings. The molecule has 0 spiro atoms. The van der Waals surface area contributed by atoms with E-state index in [1.54, 1.807) is 0 Å². The minimum Gasteiger partial charge on any atom is -0.373 e.